The molecule has 182 valence electrons. The Morgan fingerprint density at radius 2 is 1.10 bits per heavy atom. The molecule has 10 aromatic rings. The minimum atomic E-state index is -0.369. The van der Waals surface area contributed by atoms with Gasteiger partial charge in [0.2, 0.25) is 0 Å². The number of para-hydroxylation sites is 2. The first-order chi connectivity index (χ1) is 19.6. The molecule has 0 spiro atoms. The quantitative estimate of drug-likeness (QED) is 0.142. The lowest BCUT2D eigenvalue weighted by Gasteiger charge is -2.25. The van der Waals surface area contributed by atoms with Gasteiger partial charge in [-0.05, 0) is 79.5 Å². The summed E-state index contributed by atoms with van der Waals surface area (Å²) in [7, 11) is 0. The lowest BCUT2D eigenvalue weighted by molar-refractivity contribution is 0.0845. The average molecular weight is 511 g/mol. The molecule has 2 aromatic heterocycles. The lowest BCUT2D eigenvalue weighted by Crippen LogP contribution is -2.34. The van der Waals surface area contributed by atoms with E-state index >= 15 is 0 Å². The number of hydrogen-bond acceptors (Lipinski definition) is 4. The van der Waals surface area contributed by atoms with E-state index < -0.39 is 0 Å². The lowest BCUT2D eigenvalue weighted by atomic mass is 9.78. The van der Waals surface area contributed by atoms with Crippen molar-refractivity contribution < 1.29 is 9.59 Å². The molecular formula is C34H13N3O3. The number of imide groups is 1. The second kappa shape index (κ2) is 5.84. The van der Waals surface area contributed by atoms with Gasteiger partial charge in [-0.1, -0.05) is 36.4 Å². The van der Waals surface area contributed by atoms with Crippen LogP contribution in [0, 0.1) is 0 Å². The first-order valence-electron chi connectivity index (χ1n) is 13.2. The third-order valence-electron chi connectivity index (χ3n) is 9.27. The molecule has 6 nitrogen and oxygen atoms in total. The maximum Gasteiger partial charge on any atom is 0.264 e. The zero-order valence-corrected chi connectivity index (χ0v) is 20.5. The summed E-state index contributed by atoms with van der Waals surface area (Å²) < 4.78 is 1.75. The fourth-order valence-electron chi connectivity index (χ4n) is 7.79. The van der Waals surface area contributed by atoms with E-state index in [-0.39, 0.29) is 17.4 Å². The molecule has 0 bridgehead atoms. The number of benzene rings is 8. The highest BCUT2D eigenvalue weighted by Gasteiger charge is 2.31. The predicted octanol–water partition coefficient (Wildman–Crippen LogP) is 6.55. The minimum Gasteiger partial charge on any atom is -0.288 e. The van der Waals surface area contributed by atoms with Crippen LogP contribution in [0.2, 0.25) is 0 Å². The molecule has 0 fully saturated rings. The van der Waals surface area contributed by atoms with Gasteiger partial charge in [-0.15, -0.1) is 0 Å². The first-order valence-corrected chi connectivity index (χ1v) is 13.2. The third-order valence-corrected chi connectivity index (χ3v) is 9.27. The number of pyridine rings is 1. The van der Waals surface area contributed by atoms with Gasteiger partial charge in [0.05, 0.1) is 11.0 Å². The van der Waals surface area contributed by atoms with Gasteiger partial charge in [0.15, 0.2) is 0 Å². The normalized spacial score (nSPS) is 14.4. The average Bonchev–Trinajstić information content (AvgIpc) is 3.37. The Kier molecular flexibility index (Phi) is 2.84. The van der Waals surface area contributed by atoms with Gasteiger partial charge in [-0.2, -0.15) is 0 Å². The monoisotopic (exact) mass is 511 g/mol. The van der Waals surface area contributed by atoms with E-state index in [1.807, 2.05) is 54.6 Å². The zero-order valence-electron chi connectivity index (χ0n) is 20.5. The molecule has 0 aliphatic carbocycles. The highest BCUT2D eigenvalue weighted by Crippen LogP contribution is 2.52. The maximum atomic E-state index is 14.2. The van der Waals surface area contributed by atoms with Crippen molar-refractivity contribution in [3.63, 3.8) is 0 Å². The summed E-state index contributed by atoms with van der Waals surface area (Å²) >= 11 is 0. The van der Waals surface area contributed by atoms with Crippen molar-refractivity contribution in [3.05, 3.63) is 94.3 Å². The van der Waals surface area contributed by atoms with Crippen molar-refractivity contribution in [3.8, 4) is 0 Å². The van der Waals surface area contributed by atoms with Gasteiger partial charge in [0.1, 0.15) is 5.65 Å². The van der Waals surface area contributed by atoms with E-state index in [0.717, 1.165) is 75.7 Å². The van der Waals surface area contributed by atoms with Crippen LogP contribution < -0.4 is 10.9 Å². The van der Waals surface area contributed by atoms with E-state index in [1.54, 1.807) is 4.40 Å². The van der Waals surface area contributed by atoms with Crippen molar-refractivity contribution in [2.24, 2.45) is 0 Å². The SMILES string of the molecule is O=C1NC(=O)c2cc3ccc4cc5c6c(cc7ccc8cc1c2c1c8c7c6c4c31)c(=O)n1c2ccccc2nc51. The standard InChI is InChI=1S/C34H13N3O3/c38-32-18-10-14-6-5-13-9-17-27-20(34(40)37-22-4-2-1-3-21(22)35-31(17)37)12-16-8-7-15-11-19(33(39)36-32)28(18)30-24(14)23(13)29(27)26(16)25(15)30/h1-12H,(H,36,38,39). The van der Waals surface area contributed by atoms with Crippen molar-refractivity contribution >= 4 is 104 Å². The van der Waals surface area contributed by atoms with Crippen LogP contribution in [0.25, 0.3) is 92.1 Å². The van der Waals surface area contributed by atoms with Gasteiger partial charge >= 0.3 is 0 Å². The summed E-state index contributed by atoms with van der Waals surface area (Å²) in [5.74, 6) is -0.738. The Bertz CT molecular complexity index is 2830. The summed E-state index contributed by atoms with van der Waals surface area (Å²) in [6.07, 6.45) is 0. The minimum absolute atomic E-state index is 0.0805. The Balaban J connectivity index is 1.56. The molecule has 0 unspecified atom stereocenters. The maximum absolute atomic E-state index is 14.2. The van der Waals surface area contributed by atoms with Crippen LogP contribution in [0.5, 0.6) is 0 Å². The van der Waals surface area contributed by atoms with E-state index in [0.29, 0.717) is 27.5 Å². The Labute approximate surface area is 222 Å². The number of amides is 2. The van der Waals surface area contributed by atoms with Crippen molar-refractivity contribution in [2.75, 3.05) is 0 Å². The molecule has 0 atom stereocenters. The van der Waals surface area contributed by atoms with Crippen molar-refractivity contribution in [1.82, 2.24) is 14.7 Å². The van der Waals surface area contributed by atoms with Crippen LogP contribution in [-0.2, 0) is 0 Å². The predicted molar refractivity (Wildman–Crippen MR) is 158 cm³/mol. The molecule has 8 aromatic carbocycles. The highest BCUT2D eigenvalue weighted by molar-refractivity contribution is 6.50. The van der Waals surface area contributed by atoms with Crippen LogP contribution in [0.1, 0.15) is 20.7 Å². The van der Waals surface area contributed by atoms with Crippen LogP contribution in [0.3, 0.4) is 0 Å². The Morgan fingerprint density at radius 1 is 0.550 bits per heavy atom. The number of rotatable bonds is 0. The number of nitrogens with zero attached hydrogens (tertiary/aromatic N) is 2. The summed E-state index contributed by atoms with van der Waals surface area (Å²) in [6, 6.07) is 23.9. The molecule has 40 heavy (non-hydrogen) atoms. The van der Waals surface area contributed by atoms with E-state index in [9.17, 15) is 14.4 Å². The Hall–Kier alpha value is -5.62. The van der Waals surface area contributed by atoms with Crippen LogP contribution in [0.15, 0.2) is 77.6 Å². The molecule has 11 rings (SSSR count). The van der Waals surface area contributed by atoms with Crippen LogP contribution >= 0.6 is 0 Å². The van der Waals surface area contributed by atoms with Gasteiger partial charge < -0.3 is 0 Å². The molecule has 0 saturated heterocycles. The number of imidazole rings is 1. The topological polar surface area (TPSA) is 80.5 Å². The summed E-state index contributed by atoms with van der Waals surface area (Å²) in [6.45, 7) is 0. The second-order valence-corrected chi connectivity index (χ2v) is 11.1. The molecule has 1 N–H and O–H groups in total. The first kappa shape index (κ1) is 19.4. The van der Waals surface area contributed by atoms with Crippen molar-refractivity contribution in [2.45, 2.75) is 0 Å². The largest absolute Gasteiger partial charge is 0.288 e. The number of carbonyl (C=O) groups excluding carboxylic acids is 2. The number of fused-ring (bicyclic) bond motifs is 4. The van der Waals surface area contributed by atoms with Gasteiger partial charge in [-0.25, -0.2) is 4.98 Å². The molecule has 0 radical (unpaired) electrons. The van der Waals surface area contributed by atoms with Gasteiger partial charge in [-0.3, -0.25) is 24.1 Å². The third kappa shape index (κ3) is 1.85. The second-order valence-electron chi connectivity index (χ2n) is 11.1. The summed E-state index contributed by atoms with van der Waals surface area (Å²) in [5.41, 5.74) is 3.20. The molecule has 2 amide bonds. The van der Waals surface area contributed by atoms with Crippen LogP contribution in [0.4, 0.5) is 0 Å². The number of hydrogen-bond donors (Lipinski definition) is 1. The fourth-order valence-corrected chi connectivity index (χ4v) is 7.79. The molecule has 0 saturated carbocycles. The molecule has 6 heteroatoms. The smallest absolute Gasteiger partial charge is 0.264 e. The number of carbonyl (C=O) groups is 2. The number of nitrogens with one attached hydrogen (secondary N) is 1. The molecule has 1 aliphatic rings. The molecule has 1 aliphatic heterocycles. The number of aromatic nitrogens is 2. The Morgan fingerprint density at radius 3 is 1.75 bits per heavy atom. The van der Waals surface area contributed by atoms with E-state index in [2.05, 4.69) is 23.5 Å². The molecular weight excluding hydrogens is 498 g/mol. The summed E-state index contributed by atoms with van der Waals surface area (Å²) in [4.78, 5) is 45.2. The van der Waals surface area contributed by atoms with Crippen molar-refractivity contribution in [1.29, 1.82) is 0 Å². The van der Waals surface area contributed by atoms with E-state index in [1.165, 1.54) is 0 Å². The fraction of sp³-hybridized carbons (Fsp3) is 0. The van der Waals surface area contributed by atoms with Crippen LogP contribution in [-0.4, -0.2) is 21.2 Å². The zero-order chi connectivity index (χ0) is 26.2. The van der Waals surface area contributed by atoms with Gasteiger partial charge in [0, 0.05) is 43.4 Å². The van der Waals surface area contributed by atoms with Gasteiger partial charge in [0.25, 0.3) is 17.4 Å². The summed E-state index contributed by atoms with van der Waals surface area (Å²) in [5, 5.41) is 15.8. The highest BCUT2D eigenvalue weighted by atomic mass is 16.2. The van der Waals surface area contributed by atoms with E-state index in [4.69, 9.17) is 4.98 Å². The molecule has 3 heterocycles.